The summed E-state index contributed by atoms with van der Waals surface area (Å²) in [5.41, 5.74) is 2.00. The minimum absolute atomic E-state index is 0.0553. The largest absolute Gasteiger partial charge is 0.481 e. The standard InChI is InChI=1S/C24H30N2O3/c1-17-11-7-10-16-22(17)29-18(2)23(27)25-21-15-9-8-14-20(21)24(28)26(3)19-12-5-4-6-13-19/h7-11,14-16,18-19H,4-6,12-13H2,1-3H3,(H,25,27)/t18-/m0/s1. The molecule has 0 aromatic heterocycles. The lowest BCUT2D eigenvalue weighted by atomic mass is 9.94. The summed E-state index contributed by atoms with van der Waals surface area (Å²) in [5, 5.41) is 2.88. The first kappa shape index (κ1) is 20.9. The number of para-hydroxylation sites is 2. The number of amides is 2. The summed E-state index contributed by atoms with van der Waals surface area (Å²) in [5.74, 6) is 0.339. The van der Waals surface area contributed by atoms with Gasteiger partial charge in [0.05, 0.1) is 11.3 Å². The van der Waals surface area contributed by atoms with Crippen LogP contribution < -0.4 is 10.1 Å². The molecule has 1 saturated carbocycles. The molecule has 2 aromatic carbocycles. The van der Waals surface area contributed by atoms with E-state index in [-0.39, 0.29) is 17.9 Å². The molecule has 5 heteroatoms. The van der Waals surface area contributed by atoms with E-state index in [9.17, 15) is 9.59 Å². The Bertz CT molecular complexity index is 859. The first-order valence-electron chi connectivity index (χ1n) is 10.4. The van der Waals surface area contributed by atoms with E-state index in [4.69, 9.17) is 4.74 Å². The Kier molecular flexibility index (Phi) is 6.91. The van der Waals surface area contributed by atoms with Gasteiger partial charge >= 0.3 is 0 Å². The second-order valence-corrected chi connectivity index (χ2v) is 7.77. The second-order valence-electron chi connectivity index (χ2n) is 7.77. The fourth-order valence-corrected chi connectivity index (χ4v) is 3.77. The molecule has 5 nitrogen and oxygen atoms in total. The van der Waals surface area contributed by atoms with E-state index >= 15 is 0 Å². The predicted molar refractivity (Wildman–Crippen MR) is 115 cm³/mol. The van der Waals surface area contributed by atoms with Gasteiger partial charge in [-0.05, 0) is 50.5 Å². The highest BCUT2D eigenvalue weighted by Gasteiger charge is 2.25. The monoisotopic (exact) mass is 394 g/mol. The van der Waals surface area contributed by atoms with Crippen LogP contribution in [0.2, 0.25) is 0 Å². The highest BCUT2D eigenvalue weighted by Crippen LogP contribution is 2.25. The highest BCUT2D eigenvalue weighted by molar-refractivity contribution is 6.04. The molecule has 0 unspecified atom stereocenters. The number of rotatable bonds is 6. The van der Waals surface area contributed by atoms with Gasteiger partial charge in [-0.15, -0.1) is 0 Å². The summed E-state index contributed by atoms with van der Waals surface area (Å²) in [4.78, 5) is 27.6. The lowest BCUT2D eigenvalue weighted by Crippen LogP contribution is -2.39. The van der Waals surface area contributed by atoms with E-state index in [0.717, 1.165) is 31.2 Å². The van der Waals surface area contributed by atoms with Crippen molar-refractivity contribution in [3.05, 3.63) is 59.7 Å². The zero-order valence-electron chi connectivity index (χ0n) is 17.5. The van der Waals surface area contributed by atoms with Gasteiger partial charge < -0.3 is 15.0 Å². The number of nitrogens with zero attached hydrogens (tertiary/aromatic N) is 1. The van der Waals surface area contributed by atoms with E-state index < -0.39 is 6.10 Å². The number of anilines is 1. The van der Waals surface area contributed by atoms with Gasteiger partial charge in [0.15, 0.2) is 6.10 Å². The average molecular weight is 395 g/mol. The third-order valence-corrected chi connectivity index (χ3v) is 5.62. The lowest BCUT2D eigenvalue weighted by Gasteiger charge is -2.31. The van der Waals surface area contributed by atoms with Gasteiger partial charge in [0.1, 0.15) is 5.75 Å². The summed E-state index contributed by atoms with van der Waals surface area (Å²) in [6.07, 6.45) is 4.96. The van der Waals surface area contributed by atoms with Crippen LogP contribution in [0, 0.1) is 6.92 Å². The number of benzene rings is 2. The molecule has 0 heterocycles. The number of nitrogens with one attached hydrogen (secondary N) is 1. The van der Waals surface area contributed by atoms with E-state index in [0.29, 0.717) is 17.0 Å². The van der Waals surface area contributed by atoms with Crippen molar-refractivity contribution in [3.8, 4) is 5.75 Å². The van der Waals surface area contributed by atoms with Crippen molar-refractivity contribution in [1.82, 2.24) is 4.90 Å². The van der Waals surface area contributed by atoms with Crippen LogP contribution in [-0.4, -0.2) is 35.9 Å². The van der Waals surface area contributed by atoms with Crippen molar-refractivity contribution in [2.24, 2.45) is 0 Å². The molecule has 0 saturated heterocycles. The van der Waals surface area contributed by atoms with Crippen molar-refractivity contribution < 1.29 is 14.3 Å². The molecule has 1 N–H and O–H groups in total. The predicted octanol–water partition coefficient (Wildman–Crippen LogP) is 4.81. The second kappa shape index (κ2) is 9.59. The van der Waals surface area contributed by atoms with E-state index in [1.807, 2.05) is 55.3 Å². The molecule has 0 bridgehead atoms. The fourth-order valence-electron chi connectivity index (χ4n) is 3.77. The van der Waals surface area contributed by atoms with Gasteiger partial charge in [0.2, 0.25) is 0 Å². The van der Waals surface area contributed by atoms with E-state index in [1.54, 1.807) is 19.1 Å². The maximum atomic E-state index is 13.1. The first-order chi connectivity index (χ1) is 14.0. The number of carbonyl (C=O) groups is 2. The van der Waals surface area contributed by atoms with Crippen LogP contribution >= 0.6 is 0 Å². The quantitative estimate of drug-likeness (QED) is 0.765. The number of hydrogen-bond donors (Lipinski definition) is 1. The van der Waals surface area contributed by atoms with Crippen molar-refractivity contribution in [1.29, 1.82) is 0 Å². The Morgan fingerprint density at radius 1 is 1.03 bits per heavy atom. The lowest BCUT2D eigenvalue weighted by molar-refractivity contribution is -0.122. The first-order valence-corrected chi connectivity index (χ1v) is 10.4. The Labute approximate surface area is 173 Å². The molecule has 0 radical (unpaired) electrons. The van der Waals surface area contributed by atoms with Crippen LogP contribution in [-0.2, 0) is 4.79 Å². The molecule has 1 aliphatic carbocycles. The normalized spacial score (nSPS) is 15.4. The van der Waals surface area contributed by atoms with Crippen LogP contribution in [0.1, 0.15) is 54.9 Å². The van der Waals surface area contributed by atoms with Crippen LogP contribution in [0.15, 0.2) is 48.5 Å². The molecule has 1 aliphatic rings. The van der Waals surface area contributed by atoms with E-state index in [1.165, 1.54) is 6.42 Å². The van der Waals surface area contributed by atoms with Gasteiger partial charge in [-0.1, -0.05) is 49.6 Å². The molecule has 154 valence electrons. The van der Waals surface area contributed by atoms with Gasteiger partial charge in [-0.3, -0.25) is 9.59 Å². The number of ether oxygens (including phenoxy) is 1. The SMILES string of the molecule is Cc1ccccc1O[C@@H](C)C(=O)Nc1ccccc1C(=O)N(C)C1CCCCC1. The Hall–Kier alpha value is -2.82. The number of carbonyl (C=O) groups excluding carboxylic acids is 2. The van der Waals surface area contributed by atoms with Crippen molar-refractivity contribution >= 4 is 17.5 Å². The highest BCUT2D eigenvalue weighted by atomic mass is 16.5. The number of hydrogen-bond acceptors (Lipinski definition) is 3. The molecule has 0 spiro atoms. The molecule has 29 heavy (non-hydrogen) atoms. The topological polar surface area (TPSA) is 58.6 Å². The maximum Gasteiger partial charge on any atom is 0.265 e. The molecule has 0 aliphatic heterocycles. The number of aryl methyl sites for hydroxylation is 1. The van der Waals surface area contributed by atoms with Crippen LogP contribution in [0.25, 0.3) is 0 Å². The fraction of sp³-hybridized carbons (Fsp3) is 0.417. The van der Waals surface area contributed by atoms with Gasteiger partial charge in [-0.2, -0.15) is 0 Å². The molecule has 2 amide bonds. The Morgan fingerprint density at radius 3 is 2.41 bits per heavy atom. The zero-order valence-corrected chi connectivity index (χ0v) is 17.5. The molecule has 2 aromatic rings. The van der Waals surface area contributed by atoms with E-state index in [2.05, 4.69) is 5.32 Å². The smallest absolute Gasteiger partial charge is 0.265 e. The third-order valence-electron chi connectivity index (χ3n) is 5.62. The van der Waals surface area contributed by atoms with Gasteiger partial charge in [-0.25, -0.2) is 0 Å². The van der Waals surface area contributed by atoms with Crippen LogP contribution in [0.4, 0.5) is 5.69 Å². The third kappa shape index (κ3) is 5.17. The molecule has 1 fully saturated rings. The van der Waals surface area contributed by atoms with Crippen LogP contribution in [0.3, 0.4) is 0 Å². The molecule has 3 rings (SSSR count). The summed E-state index contributed by atoms with van der Waals surface area (Å²) in [6.45, 7) is 3.65. The summed E-state index contributed by atoms with van der Waals surface area (Å²) < 4.78 is 5.81. The minimum atomic E-state index is -0.685. The van der Waals surface area contributed by atoms with Crippen molar-refractivity contribution in [2.45, 2.75) is 58.1 Å². The van der Waals surface area contributed by atoms with Gasteiger partial charge in [0.25, 0.3) is 11.8 Å². The molecular formula is C24H30N2O3. The molecular weight excluding hydrogens is 364 g/mol. The average Bonchev–Trinajstić information content (AvgIpc) is 2.75. The Morgan fingerprint density at radius 2 is 1.69 bits per heavy atom. The van der Waals surface area contributed by atoms with Crippen molar-refractivity contribution in [2.75, 3.05) is 12.4 Å². The minimum Gasteiger partial charge on any atom is -0.481 e. The Balaban J connectivity index is 1.70. The zero-order chi connectivity index (χ0) is 20.8. The van der Waals surface area contributed by atoms with Crippen LogP contribution in [0.5, 0.6) is 5.75 Å². The maximum absolute atomic E-state index is 13.1. The van der Waals surface area contributed by atoms with Crippen molar-refractivity contribution in [3.63, 3.8) is 0 Å². The molecule has 1 atom stereocenters. The summed E-state index contributed by atoms with van der Waals surface area (Å²) >= 11 is 0. The summed E-state index contributed by atoms with van der Waals surface area (Å²) in [7, 11) is 1.86. The summed E-state index contributed by atoms with van der Waals surface area (Å²) in [6, 6.07) is 15.0. The van der Waals surface area contributed by atoms with Gasteiger partial charge in [0, 0.05) is 13.1 Å².